The Kier molecular flexibility index (Phi) is 8.29. The van der Waals surface area contributed by atoms with Gasteiger partial charge in [0.2, 0.25) is 0 Å². The molecule has 7 heteroatoms. The Bertz CT molecular complexity index is 248. The summed E-state index contributed by atoms with van der Waals surface area (Å²) in [6.07, 6.45) is 0.780. The van der Waals surface area contributed by atoms with E-state index in [0.717, 1.165) is 6.42 Å². The lowest BCUT2D eigenvalue weighted by Crippen LogP contribution is -2.38. The second-order valence-corrected chi connectivity index (χ2v) is 3.73. The Labute approximate surface area is 100 Å². The fraction of sp³-hybridized carbons (Fsp3) is 0.800. The van der Waals surface area contributed by atoms with Crippen molar-refractivity contribution in [3.8, 4) is 0 Å². The smallest absolute Gasteiger partial charge is 0.345 e. The van der Waals surface area contributed by atoms with Crippen LogP contribution in [0.2, 0.25) is 0 Å². The number of carboxylic acids is 1. The van der Waals surface area contributed by atoms with E-state index in [0.29, 0.717) is 19.4 Å². The Hall–Kier alpha value is -1.18. The molecule has 100 valence electrons. The summed E-state index contributed by atoms with van der Waals surface area (Å²) in [5.41, 5.74) is 16.1. The minimum Gasteiger partial charge on any atom is -0.479 e. The van der Waals surface area contributed by atoms with Crippen LogP contribution < -0.4 is 17.2 Å². The zero-order valence-electron chi connectivity index (χ0n) is 9.80. The Morgan fingerprint density at radius 2 is 1.76 bits per heavy atom. The average molecular weight is 247 g/mol. The lowest BCUT2D eigenvalue weighted by Gasteiger charge is -2.16. The van der Waals surface area contributed by atoms with Gasteiger partial charge in [0.25, 0.3) is 0 Å². The van der Waals surface area contributed by atoms with E-state index in [2.05, 4.69) is 0 Å². The third-order valence-electron chi connectivity index (χ3n) is 2.23. The molecule has 0 amide bonds. The SMILES string of the molecule is NCCCCC(N)C(=O)OC(CCN)C(=O)O. The molecule has 17 heavy (non-hydrogen) atoms. The van der Waals surface area contributed by atoms with E-state index in [1.54, 1.807) is 0 Å². The summed E-state index contributed by atoms with van der Waals surface area (Å²) in [7, 11) is 0. The van der Waals surface area contributed by atoms with Gasteiger partial charge in [0.05, 0.1) is 0 Å². The maximum absolute atomic E-state index is 11.4. The Balaban J connectivity index is 4.06. The van der Waals surface area contributed by atoms with Crippen molar-refractivity contribution in [3.63, 3.8) is 0 Å². The van der Waals surface area contributed by atoms with Gasteiger partial charge in [0, 0.05) is 6.42 Å². The van der Waals surface area contributed by atoms with Crippen molar-refractivity contribution in [1.29, 1.82) is 0 Å². The van der Waals surface area contributed by atoms with E-state index in [1.165, 1.54) is 0 Å². The average Bonchev–Trinajstić information content (AvgIpc) is 2.28. The fourth-order valence-corrected chi connectivity index (χ4v) is 1.24. The monoisotopic (exact) mass is 247 g/mol. The molecule has 0 rings (SSSR count). The normalized spacial score (nSPS) is 14.1. The summed E-state index contributed by atoms with van der Waals surface area (Å²) < 4.78 is 4.77. The van der Waals surface area contributed by atoms with Crippen LogP contribution in [0.5, 0.6) is 0 Å². The zero-order valence-corrected chi connectivity index (χ0v) is 9.80. The van der Waals surface area contributed by atoms with Crippen molar-refractivity contribution in [2.24, 2.45) is 17.2 Å². The minimum absolute atomic E-state index is 0.0800. The van der Waals surface area contributed by atoms with Gasteiger partial charge in [-0.1, -0.05) is 6.42 Å². The highest BCUT2D eigenvalue weighted by Crippen LogP contribution is 2.04. The molecule has 7 N–H and O–H groups in total. The molecule has 0 fully saturated rings. The number of ether oxygens (including phenoxy) is 1. The zero-order chi connectivity index (χ0) is 13.3. The summed E-state index contributed by atoms with van der Waals surface area (Å²) in [6.45, 7) is 0.666. The first-order valence-corrected chi connectivity index (χ1v) is 5.62. The molecule has 0 saturated heterocycles. The summed E-state index contributed by atoms with van der Waals surface area (Å²) in [5.74, 6) is -1.92. The molecule has 2 atom stereocenters. The van der Waals surface area contributed by atoms with Crippen LogP contribution in [0, 0.1) is 0 Å². The van der Waals surface area contributed by atoms with E-state index >= 15 is 0 Å². The highest BCUT2D eigenvalue weighted by Gasteiger charge is 2.24. The standard InChI is InChI=1S/C10H21N3O4/c11-5-2-1-3-7(13)10(16)17-8(4-6-12)9(14)15/h7-8H,1-6,11-13H2,(H,14,15). The van der Waals surface area contributed by atoms with Crippen molar-refractivity contribution in [2.45, 2.75) is 37.8 Å². The molecular weight excluding hydrogens is 226 g/mol. The van der Waals surface area contributed by atoms with Gasteiger partial charge in [-0.25, -0.2) is 4.79 Å². The molecule has 0 radical (unpaired) electrons. The van der Waals surface area contributed by atoms with Crippen molar-refractivity contribution >= 4 is 11.9 Å². The second kappa shape index (κ2) is 8.91. The molecule has 0 aromatic heterocycles. The predicted molar refractivity (Wildman–Crippen MR) is 62.1 cm³/mol. The van der Waals surface area contributed by atoms with E-state index in [-0.39, 0.29) is 13.0 Å². The lowest BCUT2D eigenvalue weighted by atomic mass is 10.1. The molecule has 0 bridgehead atoms. The molecule has 0 spiro atoms. The molecule has 0 aromatic carbocycles. The van der Waals surface area contributed by atoms with Crippen LogP contribution in [0.15, 0.2) is 0 Å². The fourth-order valence-electron chi connectivity index (χ4n) is 1.24. The number of unbranched alkanes of at least 4 members (excludes halogenated alkanes) is 1. The number of aliphatic carboxylic acids is 1. The van der Waals surface area contributed by atoms with Gasteiger partial charge in [-0.2, -0.15) is 0 Å². The number of nitrogens with two attached hydrogens (primary N) is 3. The summed E-state index contributed by atoms with van der Waals surface area (Å²) in [6, 6.07) is -0.804. The first kappa shape index (κ1) is 15.8. The van der Waals surface area contributed by atoms with Gasteiger partial charge in [-0.15, -0.1) is 0 Å². The third-order valence-corrected chi connectivity index (χ3v) is 2.23. The van der Waals surface area contributed by atoms with Gasteiger partial charge >= 0.3 is 11.9 Å². The third kappa shape index (κ3) is 6.88. The molecule has 0 aliphatic rings. The van der Waals surface area contributed by atoms with Crippen molar-refractivity contribution in [3.05, 3.63) is 0 Å². The summed E-state index contributed by atoms with van der Waals surface area (Å²) >= 11 is 0. The quantitative estimate of drug-likeness (QED) is 0.296. The number of carbonyl (C=O) groups is 2. The maximum atomic E-state index is 11.4. The van der Waals surface area contributed by atoms with E-state index in [1.807, 2.05) is 0 Å². The first-order valence-electron chi connectivity index (χ1n) is 5.62. The first-order chi connectivity index (χ1) is 8.02. The number of rotatable bonds is 9. The number of hydrogen-bond donors (Lipinski definition) is 4. The number of carboxylic acid groups (broad SMARTS) is 1. The topological polar surface area (TPSA) is 142 Å². The summed E-state index contributed by atoms with van der Waals surface area (Å²) in [5, 5.41) is 8.76. The van der Waals surface area contributed by atoms with Crippen molar-refractivity contribution in [1.82, 2.24) is 0 Å². The minimum atomic E-state index is -1.21. The van der Waals surface area contributed by atoms with Gasteiger partial charge in [0.15, 0.2) is 6.10 Å². The van der Waals surface area contributed by atoms with Crippen LogP contribution in [0.3, 0.4) is 0 Å². The molecule has 7 nitrogen and oxygen atoms in total. The Morgan fingerprint density at radius 1 is 1.12 bits per heavy atom. The molecule has 2 unspecified atom stereocenters. The van der Waals surface area contributed by atoms with Gasteiger partial charge in [-0.05, 0) is 25.9 Å². The number of carbonyl (C=O) groups excluding carboxylic acids is 1. The highest BCUT2D eigenvalue weighted by atomic mass is 16.6. The summed E-state index contributed by atoms with van der Waals surface area (Å²) in [4.78, 5) is 22.2. The predicted octanol–water partition coefficient (Wildman–Crippen LogP) is -1.21. The van der Waals surface area contributed by atoms with Crippen molar-refractivity contribution in [2.75, 3.05) is 13.1 Å². The highest BCUT2D eigenvalue weighted by molar-refractivity contribution is 5.80. The largest absolute Gasteiger partial charge is 0.479 e. The molecule has 0 saturated carbocycles. The molecular formula is C10H21N3O4. The van der Waals surface area contributed by atoms with Crippen LogP contribution in [0.25, 0.3) is 0 Å². The van der Waals surface area contributed by atoms with Crippen LogP contribution in [0.1, 0.15) is 25.7 Å². The molecule has 0 aromatic rings. The van der Waals surface area contributed by atoms with E-state index < -0.39 is 24.1 Å². The van der Waals surface area contributed by atoms with Gasteiger partial charge in [0.1, 0.15) is 6.04 Å². The Morgan fingerprint density at radius 3 is 2.24 bits per heavy atom. The van der Waals surface area contributed by atoms with Crippen LogP contribution in [-0.2, 0) is 14.3 Å². The van der Waals surface area contributed by atoms with Crippen LogP contribution in [0.4, 0.5) is 0 Å². The van der Waals surface area contributed by atoms with Crippen molar-refractivity contribution < 1.29 is 19.4 Å². The van der Waals surface area contributed by atoms with E-state index in [9.17, 15) is 9.59 Å². The van der Waals surface area contributed by atoms with Crippen LogP contribution in [-0.4, -0.2) is 42.3 Å². The van der Waals surface area contributed by atoms with Gasteiger partial charge in [-0.3, -0.25) is 4.79 Å². The maximum Gasteiger partial charge on any atom is 0.345 e. The molecule has 0 aliphatic carbocycles. The van der Waals surface area contributed by atoms with Crippen LogP contribution >= 0.6 is 0 Å². The molecule has 0 aliphatic heterocycles. The lowest BCUT2D eigenvalue weighted by molar-refractivity contribution is -0.165. The second-order valence-electron chi connectivity index (χ2n) is 3.73. The van der Waals surface area contributed by atoms with Gasteiger partial charge < -0.3 is 27.0 Å². The molecule has 0 heterocycles. The number of hydrogen-bond acceptors (Lipinski definition) is 6. The van der Waals surface area contributed by atoms with E-state index in [4.69, 9.17) is 27.0 Å². The number of esters is 1.